The van der Waals surface area contributed by atoms with Gasteiger partial charge in [0, 0.05) is 24.1 Å². The van der Waals surface area contributed by atoms with Crippen LogP contribution in [0, 0.1) is 5.41 Å². The van der Waals surface area contributed by atoms with Crippen LogP contribution in [0.15, 0.2) is 16.7 Å². The van der Waals surface area contributed by atoms with E-state index in [0.717, 1.165) is 74.4 Å². The third-order valence-corrected chi connectivity index (χ3v) is 7.25. The quantitative estimate of drug-likeness (QED) is 0.580. The second-order valence-corrected chi connectivity index (χ2v) is 9.32. The van der Waals surface area contributed by atoms with Crippen LogP contribution in [0.1, 0.15) is 54.4 Å². The number of rotatable bonds is 4. The summed E-state index contributed by atoms with van der Waals surface area (Å²) in [6.07, 6.45) is 9.14. The SMILES string of the molecule is N=C/C(=C1/CCCCN1)S(=O)(=O)NC(=O)Nc1c2c(cc3c1CCC3)CCC2. The average Bonchev–Trinajstić information content (AvgIpc) is 3.31. The predicted octanol–water partition coefficient (Wildman–Crippen LogP) is 2.75. The number of anilines is 1. The van der Waals surface area contributed by atoms with E-state index in [2.05, 4.69) is 21.4 Å². The lowest BCUT2D eigenvalue weighted by Crippen LogP contribution is -2.37. The molecule has 0 bridgehead atoms. The lowest BCUT2D eigenvalue weighted by atomic mass is 9.99. The topological polar surface area (TPSA) is 111 Å². The van der Waals surface area contributed by atoms with Crippen LogP contribution in [-0.4, -0.2) is 27.2 Å². The van der Waals surface area contributed by atoms with Gasteiger partial charge in [0.15, 0.2) is 0 Å². The fraction of sp³-hybridized carbons (Fsp3) is 0.500. The van der Waals surface area contributed by atoms with Crippen LogP contribution < -0.4 is 15.4 Å². The Bertz CT molecular complexity index is 926. The van der Waals surface area contributed by atoms with E-state index < -0.39 is 16.1 Å². The number of urea groups is 1. The normalized spacial score (nSPS) is 20.0. The van der Waals surface area contributed by atoms with Crippen molar-refractivity contribution in [1.82, 2.24) is 10.0 Å². The molecule has 0 spiro atoms. The van der Waals surface area contributed by atoms with Gasteiger partial charge in [-0.1, -0.05) is 6.07 Å². The van der Waals surface area contributed by atoms with Crippen molar-refractivity contribution in [2.75, 3.05) is 11.9 Å². The molecule has 7 nitrogen and oxygen atoms in total. The number of allylic oxidation sites excluding steroid dienone is 2. The summed E-state index contributed by atoms with van der Waals surface area (Å²) in [5.41, 5.74) is 6.14. The Morgan fingerprint density at radius 2 is 1.68 bits per heavy atom. The molecule has 2 aliphatic carbocycles. The zero-order valence-corrected chi connectivity index (χ0v) is 16.7. The molecule has 2 amide bonds. The lowest BCUT2D eigenvalue weighted by molar-refractivity contribution is 0.256. The molecule has 1 aliphatic heterocycles. The van der Waals surface area contributed by atoms with Crippen LogP contribution in [0.3, 0.4) is 0 Å². The van der Waals surface area contributed by atoms with Gasteiger partial charge in [-0.15, -0.1) is 0 Å². The van der Waals surface area contributed by atoms with Crippen molar-refractivity contribution in [2.45, 2.75) is 57.8 Å². The second kappa shape index (κ2) is 7.58. The summed E-state index contributed by atoms with van der Waals surface area (Å²) in [6, 6.07) is 1.50. The maximum Gasteiger partial charge on any atom is 0.333 e. The molecule has 0 aromatic heterocycles. The van der Waals surface area contributed by atoms with Gasteiger partial charge in [-0.05, 0) is 80.0 Å². The van der Waals surface area contributed by atoms with Crippen molar-refractivity contribution in [2.24, 2.45) is 0 Å². The number of piperidine rings is 1. The molecule has 1 aromatic rings. The van der Waals surface area contributed by atoms with Gasteiger partial charge in [0.05, 0.1) is 0 Å². The van der Waals surface area contributed by atoms with E-state index in [1.54, 1.807) is 0 Å². The van der Waals surface area contributed by atoms with E-state index in [1.165, 1.54) is 11.1 Å². The highest BCUT2D eigenvalue weighted by molar-refractivity contribution is 7.94. The Morgan fingerprint density at radius 3 is 2.25 bits per heavy atom. The Hall–Kier alpha value is -2.35. The molecule has 0 atom stereocenters. The Kier molecular flexibility index (Phi) is 5.14. The van der Waals surface area contributed by atoms with Crippen molar-refractivity contribution in [3.63, 3.8) is 0 Å². The number of hydrogen-bond acceptors (Lipinski definition) is 5. The van der Waals surface area contributed by atoms with E-state index in [-0.39, 0.29) is 4.91 Å². The number of carbonyl (C=O) groups excluding carboxylic acids is 1. The molecule has 1 saturated heterocycles. The van der Waals surface area contributed by atoms with Gasteiger partial charge in [0.25, 0.3) is 10.0 Å². The van der Waals surface area contributed by atoms with E-state index in [1.807, 2.05) is 0 Å². The molecular weight excluding hydrogens is 376 g/mol. The zero-order chi connectivity index (χ0) is 19.7. The van der Waals surface area contributed by atoms with Crippen LogP contribution in [0.2, 0.25) is 0 Å². The number of fused-ring (bicyclic) bond motifs is 2. The van der Waals surface area contributed by atoms with Crippen LogP contribution in [0.25, 0.3) is 0 Å². The molecule has 4 N–H and O–H groups in total. The molecule has 150 valence electrons. The van der Waals surface area contributed by atoms with Crippen molar-refractivity contribution < 1.29 is 13.2 Å². The Balaban J connectivity index is 1.58. The van der Waals surface area contributed by atoms with Crippen molar-refractivity contribution in [3.05, 3.63) is 38.9 Å². The maximum absolute atomic E-state index is 12.7. The highest BCUT2D eigenvalue weighted by Gasteiger charge is 2.28. The Morgan fingerprint density at radius 1 is 1.00 bits per heavy atom. The third kappa shape index (κ3) is 3.53. The molecule has 1 aromatic carbocycles. The largest absolute Gasteiger partial charge is 0.387 e. The molecule has 1 fully saturated rings. The fourth-order valence-corrected chi connectivity index (χ4v) is 5.63. The van der Waals surface area contributed by atoms with E-state index >= 15 is 0 Å². The zero-order valence-electron chi connectivity index (χ0n) is 15.9. The minimum Gasteiger partial charge on any atom is -0.387 e. The smallest absolute Gasteiger partial charge is 0.333 e. The molecule has 28 heavy (non-hydrogen) atoms. The van der Waals surface area contributed by atoms with Crippen molar-refractivity contribution in [3.8, 4) is 0 Å². The van der Waals surface area contributed by atoms with Crippen molar-refractivity contribution >= 4 is 28.0 Å². The first-order valence-electron chi connectivity index (χ1n) is 9.97. The predicted molar refractivity (Wildman–Crippen MR) is 109 cm³/mol. The minimum atomic E-state index is -4.11. The van der Waals surface area contributed by atoms with Crippen molar-refractivity contribution in [1.29, 1.82) is 5.41 Å². The van der Waals surface area contributed by atoms with Crippen LogP contribution in [0.4, 0.5) is 10.5 Å². The molecule has 0 unspecified atom stereocenters. The fourth-order valence-electron chi connectivity index (χ4n) is 4.57. The number of hydrogen-bond donors (Lipinski definition) is 4. The van der Waals surface area contributed by atoms with Gasteiger partial charge in [-0.3, -0.25) is 0 Å². The Labute approximate surface area is 165 Å². The lowest BCUT2D eigenvalue weighted by Gasteiger charge is -2.20. The third-order valence-electron chi connectivity index (χ3n) is 5.85. The first-order chi connectivity index (χ1) is 13.5. The summed E-state index contributed by atoms with van der Waals surface area (Å²) in [5, 5.41) is 13.4. The monoisotopic (exact) mass is 402 g/mol. The van der Waals surface area contributed by atoms with Gasteiger partial charge >= 0.3 is 6.03 Å². The van der Waals surface area contributed by atoms with Crippen LogP contribution in [0.5, 0.6) is 0 Å². The first-order valence-corrected chi connectivity index (χ1v) is 11.5. The number of aryl methyl sites for hydroxylation is 2. The molecule has 8 heteroatoms. The highest BCUT2D eigenvalue weighted by atomic mass is 32.2. The van der Waals surface area contributed by atoms with Gasteiger partial charge < -0.3 is 16.0 Å². The van der Waals surface area contributed by atoms with Gasteiger partial charge in [0.1, 0.15) is 4.91 Å². The number of amides is 2. The molecule has 1 heterocycles. The van der Waals surface area contributed by atoms with Gasteiger partial charge in [-0.25, -0.2) is 17.9 Å². The molecule has 0 saturated carbocycles. The summed E-state index contributed by atoms with van der Waals surface area (Å²) >= 11 is 0. The maximum atomic E-state index is 12.7. The average molecular weight is 403 g/mol. The minimum absolute atomic E-state index is 0.161. The number of carbonyl (C=O) groups is 1. The number of nitrogens with one attached hydrogen (secondary N) is 4. The molecular formula is C20H26N4O3S. The highest BCUT2D eigenvalue weighted by Crippen LogP contribution is 2.38. The standard InChI is InChI=1S/C20H26N4O3S/c21-12-18(17-9-1-2-10-22-17)28(26,27)24-20(25)23-19-15-7-3-5-13(15)11-14-6-4-8-16(14)19/h11-12,21-22H,1-10H2,(H2,23,24,25)/b18-17+,21-12?. The summed E-state index contributed by atoms with van der Waals surface area (Å²) in [4.78, 5) is 12.5. The van der Waals surface area contributed by atoms with Crippen LogP contribution in [-0.2, 0) is 35.7 Å². The molecule has 3 aliphatic rings. The summed E-state index contributed by atoms with van der Waals surface area (Å²) < 4.78 is 27.5. The van der Waals surface area contributed by atoms with Gasteiger partial charge in [-0.2, -0.15) is 0 Å². The van der Waals surface area contributed by atoms with Gasteiger partial charge in [0.2, 0.25) is 0 Å². The van der Waals surface area contributed by atoms with E-state index in [0.29, 0.717) is 18.7 Å². The summed E-state index contributed by atoms with van der Waals surface area (Å²) in [5.74, 6) is 0. The summed E-state index contributed by atoms with van der Waals surface area (Å²) in [7, 11) is -4.11. The molecule has 0 radical (unpaired) electrons. The first kappa shape index (κ1) is 19.0. The summed E-state index contributed by atoms with van der Waals surface area (Å²) in [6.45, 7) is 0.677. The molecule has 4 rings (SSSR count). The number of benzene rings is 1. The van der Waals surface area contributed by atoms with E-state index in [9.17, 15) is 13.2 Å². The number of sulfonamides is 1. The van der Waals surface area contributed by atoms with E-state index in [4.69, 9.17) is 5.41 Å². The van der Waals surface area contributed by atoms with Crippen LogP contribution >= 0.6 is 0 Å². The second-order valence-electron chi connectivity index (χ2n) is 7.66.